The largest absolute Gasteiger partial charge is 0.456 e. The van der Waals surface area contributed by atoms with E-state index in [0.717, 1.165) is 16.9 Å². The van der Waals surface area contributed by atoms with Gasteiger partial charge in [-0.2, -0.15) is 0 Å². The lowest BCUT2D eigenvalue weighted by molar-refractivity contribution is -0.141. The Bertz CT molecular complexity index is 734. The van der Waals surface area contributed by atoms with Gasteiger partial charge in [-0.15, -0.1) is 11.3 Å². The predicted octanol–water partition coefficient (Wildman–Crippen LogP) is 2.77. The molecule has 1 N–H and O–H groups in total. The van der Waals surface area contributed by atoms with E-state index in [1.807, 2.05) is 32.0 Å². The Morgan fingerprint density at radius 1 is 1.08 bits per heavy atom. The summed E-state index contributed by atoms with van der Waals surface area (Å²) in [4.78, 5) is 36.9. The first-order chi connectivity index (χ1) is 11.5. The molecule has 126 valence electrons. The molecular formula is C18H19NO4S. The molecule has 0 atom stereocenters. The van der Waals surface area contributed by atoms with E-state index < -0.39 is 5.97 Å². The Kier molecular flexibility index (Phi) is 6.26. The number of benzene rings is 1. The minimum Gasteiger partial charge on any atom is -0.456 e. The summed E-state index contributed by atoms with van der Waals surface area (Å²) in [6.45, 7) is 3.33. The van der Waals surface area contributed by atoms with Gasteiger partial charge >= 0.3 is 5.97 Å². The van der Waals surface area contributed by atoms with Gasteiger partial charge in [0, 0.05) is 10.4 Å². The van der Waals surface area contributed by atoms with Crippen molar-refractivity contribution < 1.29 is 19.1 Å². The van der Waals surface area contributed by atoms with Gasteiger partial charge in [-0.05, 0) is 31.0 Å². The fourth-order valence-corrected chi connectivity index (χ4v) is 2.79. The zero-order valence-electron chi connectivity index (χ0n) is 13.6. The van der Waals surface area contributed by atoms with Crippen molar-refractivity contribution in [3.63, 3.8) is 0 Å². The first-order valence-electron chi connectivity index (χ1n) is 7.62. The Morgan fingerprint density at radius 2 is 1.79 bits per heavy atom. The molecule has 0 unspecified atom stereocenters. The van der Waals surface area contributed by atoms with Gasteiger partial charge in [0.1, 0.15) is 6.54 Å². The van der Waals surface area contributed by atoms with E-state index in [2.05, 4.69) is 5.32 Å². The van der Waals surface area contributed by atoms with Crippen LogP contribution in [0.3, 0.4) is 0 Å². The van der Waals surface area contributed by atoms with Crippen LogP contribution in [0.5, 0.6) is 0 Å². The lowest BCUT2D eigenvalue weighted by Gasteiger charge is -2.06. The monoisotopic (exact) mass is 345 g/mol. The molecule has 0 radical (unpaired) electrons. The van der Waals surface area contributed by atoms with Crippen molar-refractivity contribution in [2.75, 3.05) is 13.2 Å². The van der Waals surface area contributed by atoms with Crippen molar-refractivity contribution in [1.82, 2.24) is 5.32 Å². The van der Waals surface area contributed by atoms with E-state index >= 15 is 0 Å². The lowest BCUT2D eigenvalue weighted by atomic mass is 10.1. The molecule has 0 aliphatic carbocycles. The van der Waals surface area contributed by atoms with Crippen LogP contribution in [0.25, 0.3) is 0 Å². The van der Waals surface area contributed by atoms with E-state index in [1.54, 1.807) is 18.2 Å². The Labute approximate surface area is 144 Å². The number of thiophene rings is 1. The predicted molar refractivity (Wildman–Crippen MR) is 92.5 cm³/mol. The zero-order valence-corrected chi connectivity index (χ0v) is 14.4. The molecule has 1 aromatic heterocycles. The molecular weight excluding hydrogens is 326 g/mol. The SMILES string of the molecule is CCc1ccc(C(=O)COC(=O)CNC(=O)c2ccc(C)s2)cc1. The fraction of sp³-hybridized carbons (Fsp3) is 0.278. The number of nitrogens with one attached hydrogen (secondary N) is 1. The van der Waals surface area contributed by atoms with Gasteiger partial charge in [-0.3, -0.25) is 14.4 Å². The maximum absolute atomic E-state index is 11.9. The first-order valence-corrected chi connectivity index (χ1v) is 8.43. The van der Waals surface area contributed by atoms with Crippen molar-refractivity contribution in [1.29, 1.82) is 0 Å². The van der Waals surface area contributed by atoms with E-state index in [9.17, 15) is 14.4 Å². The lowest BCUT2D eigenvalue weighted by Crippen LogP contribution is -2.31. The minimum atomic E-state index is -0.643. The van der Waals surface area contributed by atoms with E-state index in [1.165, 1.54) is 11.3 Å². The second-order valence-electron chi connectivity index (χ2n) is 5.23. The maximum Gasteiger partial charge on any atom is 0.325 e. The van der Waals surface area contributed by atoms with Crippen molar-refractivity contribution >= 4 is 29.0 Å². The molecule has 0 fully saturated rings. The topological polar surface area (TPSA) is 72.5 Å². The second kappa shape index (κ2) is 8.40. The summed E-state index contributed by atoms with van der Waals surface area (Å²) in [5.41, 5.74) is 1.63. The molecule has 6 heteroatoms. The molecule has 2 rings (SSSR count). The van der Waals surface area contributed by atoms with Gasteiger partial charge < -0.3 is 10.1 Å². The van der Waals surface area contributed by atoms with Crippen LogP contribution in [-0.4, -0.2) is 30.8 Å². The molecule has 0 bridgehead atoms. The number of ketones is 1. The molecule has 1 amide bonds. The molecule has 2 aromatic rings. The third kappa shape index (κ3) is 5.03. The van der Waals surface area contributed by atoms with E-state index in [-0.39, 0.29) is 24.8 Å². The number of aryl methyl sites for hydroxylation is 2. The summed E-state index contributed by atoms with van der Waals surface area (Å²) >= 11 is 1.35. The van der Waals surface area contributed by atoms with Crippen molar-refractivity contribution in [2.24, 2.45) is 0 Å². The van der Waals surface area contributed by atoms with Crippen LogP contribution >= 0.6 is 11.3 Å². The zero-order chi connectivity index (χ0) is 17.5. The number of esters is 1. The van der Waals surface area contributed by atoms with Crippen molar-refractivity contribution in [2.45, 2.75) is 20.3 Å². The average molecular weight is 345 g/mol. The number of carbonyl (C=O) groups is 3. The molecule has 0 saturated heterocycles. The minimum absolute atomic E-state index is 0.266. The standard InChI is InChI=1S/C18H19NO4S/c1-3-13-5-7-14(8-6-13)15(20)11-23-17(21)10-19-18(22)16-9-4-12(2)24-16/h4-9H,3,10-11H2,1-2H3,(H,19,22). The molecule has 24 heavy (non-hydrogen) atoms. The van der Waals surface area contributed by atoms with E-state index in [0.29, 0.717) is 10.4 Å². The summed E-state index contributed by atoms with van der Waals surface area (Å²) in [7, 11) is 0. The quantitative estimate of drug-likeness (QED) is 0.619. The Morgan fingerprint density at radius 3 is 2.38 bits per heavy atom. The fourth-order valence-electron chi connectivity index (χ4n) is 2.00. The molecule has 5 nitrogen and oxygen atoms in total. The molecule has 0 spiro atoms. The number of hydrogen-bond donors (Lipinski definition) is 1. The summed E-state index contributed by atoms with van der Waals surface area (Å²) in [6, 6.07) is 10.7. The molecule has 1 heterocycles. The van der Waals surface area contributed by atoms with Crippen LogP contribution in [0, 0.1) is 6.92 Å². The number of rotatable bonds is 7. The first kappa shape index (κ1) is 17.9. The highest BCUT2D eigenvalue weighted by Gasteiger charge is 2.13. The number of carbonyl (C=O) groups excluding carboxylic acids is 3. The highest BCUT2D eigenvalue weighted by molar-refractivity contribution is 7.13. The molecule has 1 aromatic carbocycles. The second-order valence-corrected chi connectivity index (χ2v) is 6.52. The van der Waals surface area contributed by atoms with Gasteiger partial charge in [-0.1, -0.05) is 31.2 Å². The van der Waals surface area contributed by atoms with Crippen LogP contribution < -0.4 is 5.32 Å². The highest BCUT2D eigenvalue weighted by Crippen LogP contribution is 2.14. The van der Waals surface area contributed by atoms with Gasteiger partial charge in [0.15, 0.2) is 12.4 Å². The molecule has 0 aliphatic rings. The Balaban J connectivity index is 1.76. The number of hydrogen-bond acceptors (Lipinski definition) is 5. The number of Topliss-reactive ketones (excluding diaryl/α,β-unsaturated/α-hetero) is 1. The van der Waals surface area contributed by atoms with Crippen LogP contribution in [0.4, 0.5) is 0 Å². The van der Waals surface area contributed by atoms with Crippen LogP contribution in [-0.2, 0) is 16.0 Å². The average Bonchev–Trinajstić information content (AvgIpc) is 3.04. The van der Waals surface area contributed by atoms with Gasteiger partial charge in [-0.25, -0.2) is 0 Å². The van der Waals surface area contributed by atoms with Crippen LogP contribution in [0.15, 0.2) is 36.4 Å². The summed E-state index contributed by atoms with van der Waals surface area (Å²) in [6.07, 6.45) is 0.896. The van der Waals surface area contributed by atoms with Gasteiger partial charge in [0.2, 0.25) is 0 Å². The summed E-state index contributed by atoms with van der Waals surface area (Å²) < 4.78 is 4.91. The third-order valence-corrected chi connectivity index (χ3v) is 4.41. The molecule has 0 saturated carbocycles. The van der Waals surface area contributed by atoms with Crippen molar-refractivity contribution in [3.05, 3.63) is 57.3 Å². The van der Waals surface area contributed by atoms with E-state index in [4.69, 9.17) is 4.74 Å². The number of ether oxygens (including phenoxy) is 1. The van der Waals surface area contributed by atoms with Crippen LogP contribution in [0.2, 0.25) is 0 Å². The number of amides is 1. The smallest absolute Gasteiger partial charge is 0.325 e. The highest BCUT2D eigenvalue weighted by atomic mass is 32.1. The summed E-state index contributed by atoms with van der Waals surface area (Å²) in [5.74, 6) is -1.24. The maximum atomic E-state index is 11.9. The third-order valence-electron chi connectivity index (χ3n) is 3.41. The van der Waals surface area contributed by atoms with Crippen molar-refractivity contribution in [3.8, 4) is 0 Å². The van der Waals surface area contributed by atoms with Gasteiger partial charge in [0.05, 0.1) is 4.88 Å². The normalized spacial score (nSPS) is 10.2. The summed E-state index contributed by atoms with van der Waals surface area (Å²) in [5, 5.41) is 2.48. The molecule has 0 aliphatic heterocycles. The Hall–Kier alpha value is -2.47. The van der Waals surface area contributed by atoms with Crippen LogP contribution in [0.1, 0.15) is 37.4 Å². The van der Waals surface area contributed by atoms with Gasteiger partial charge in [0.25, 0.3) is 5.91 Å².